The van der Waals surface area contributed by atoms with E-state index in [9.17, 15) is 15.0 Å². The molecule has 0 saturated carbocycles. The number of nitrogens with two attached hydrogens (primary N) is 1. The zero-order chi connectivity index (χ0) is 18.7. The van der Waals surface area contributed by atoms with Crippen LogP contribution in [0.15, 0.2) is 25.3 Å². The van der Waals surface area contributed by atoms with Gasteiger partial charge in [-0.05, 0) is 6.08 Å². The molecule has 140 valence electrons. The maximum atomic E-state index is 11.1. The largest absolute Gasteiger partial charge is 0.387 e. The molecule has 1 saturated heterocycles. The Labute approximate surface area is 153 Å². The highest BCUT2D eigenvalue weighted by molar-refractivity contribution is 7.99. The number of nitrogens with zero attached hydrogens (tertiary/aromatic N) is 4. The van der Waals surface area contributed by atoms with Crippen LogP contribution in [-0.2, 0) is 9.53 Å². The molecule has 0 radical (unpaired) electrons. The number of imidazole rings is 1. The van der Waals surface area contributed by atoms with Crippen LogP contribution in [0, 0.1) is 0 Å². The van der Waals surface area contributed by atoms with Gasteiger partial charge in [-0.25, -0.2) is 15.0 Å². The minimum absolute atomic E-state index is 0.230. The van der Waals surface area contributed by atoms with Crippen LogP contribution >= 0.6 is 11.8 Å². The Kier molecular flexibility index (Phi) is 5.71. The van der Waals surface area contributed by atoms with Crippen LogP contribution in [0.1, 0.15) is 6.23 Å². The van der Waals surface area contributed by atoms with Gasteiger partial charge >= 0.3 is 0 Å². The Morgan fingerprint density at radius 2 is 2.23 bits per heavy atom. The van der Waals surface area contributed by atoms with Crippen LogP contribution in [0.5, 0.6) is 0 Å². The van der Waals surface area contributed by atoms with Crippen molar-refractivity contribution in [1.29, 1.82) is 0 Å². The standard InChI is InChI=1S/C15H20N6O4S/c1-2-9(22)17-3-4-26-5-8-11(23)12(24)15(25-8)21-7-20-10-13(16)18-6-19-14(10)21/h2,6-8,11-12,15,23-24H,1,3-5H2,(H,17,22)(H2,16,18,19)/t8-,11+,12-,15-/m0/s1. The zero-order valence-corrected chi connectivity index (χ0v) is 14.7. The van der Waals surface area contributed by atoms with E-state index in [4.69, 9.17) is 10.5 Å². The number of ether oxygens (including phenoxy) is 1. The van der Waals surface area contributed by atoms with Gasteiger partial charge in [0.05, 0.1) is 12.4 Å². The molecule has 0 aromatic carbocycles. The number of aliphatic hydroxyl groups is 2. The Balaban J connectivity index is 1.61. The number of hydrogen-bond donors (Lipinski definition) is 4. The van der Waals surface area contributed by atoms with E-state index in [0.717, 1.165) is 0 Å². The lowest BCUT2D eigenvalue weighted by molar-refractivity contribution is -0.116. The number of thioether (sulfide) groups is 1. The smallest absolute Gasteiger partial charge is 0.243 e. The maximum absolute atomic E-state index is 11.1. The highest BCUT2D eigenvalue weighted by atomic mass is 32.2. The summed E-state index contributed by atoms with van der Waals surface area (Å²) in [4.78, 5) is 23.2. The number of amides is 1. The van der Waals surface area contributed by atoms with Crippen LogP contribution < -0.4 is 11.1 Å². The predicted octanol–water partition coefficient (Wildman–Crippen LogP) is -0.937. The molecule has 0 spiro atoms. The van der Waals surface area contributed by atoms with Crippen molar-refractivity contribution < 1.29 is 19.7 Å². The number of hydrogen-bond acceptors (Lipinski definition) is 9. The lowest BCUT2D eigenvalue weighted by Crippen LogP contribution is -2.33. The van der Waals surface area contributed by atoms with Crippen molar-refractivity contribution in [3.8, 4) is 0 Å². The summed E-state index contributed by atoms with van der Waals surface area (Å²) < 4.78 is 7.36. The number of anilines is 1. The number of fused-ring (bicyclic) bond motifs is 1. The first kappa shape index (κ1) is 18.6. The molecule has 0 unspecified atom stereocenters. The van der Waals surface area contributed by atoms with E-state index in [0.29, 0.717) is 29.2 Å². The summed E-state index contributed by atoms with van der Waals surface area (Å²) in [6, 6.07) is 0. The Morgan fingerprint density at radius 3 is 3.00 bits per heavy atom. The van der Waals surface area contributed by atoms with Crippen molar-refractivity contribution in [2.45, 2.75) is 24.5 Å². The Morgan fingerprint density at radius 1 is 1.42 bits per heavy atom. The minimum Gasteiger partial charge on any atom is -0.387 e. The highest BCUT2D eigenvalue weighted by Crippen LogP contribution is 2.33. The van der Waals surface area contributed by atoms with E-state index in [2.05, 4.69) is 26.8 Å². The third-order valence-electron chi connectivity index (χ3n) is 4.01. The first-order valence-electron chi connectivity index (χ1n) is 7.95. The summed E-state index contributed by atoms with van der Waals surface area (Å²) >= 11 is 1.50. The van der Waals surface area contributed by atoms with E-state index in [-0.39, 0.29) is 11.7 Å². The van der Waals surface area contributed by atoms with Crippen LogP contribution in [-0.4, -0.2) is 72.0 Å². The van der Waals surface area contributed by atoms with E-state index in [1.165, 1.54) is 35.1 Å². The molecule has 1 amide bonds. The Hall–Kier alpha value is -2.21. The third-order valence-corrected chi connectivity index (χ3v) is 5.07. The summed E-state index contributed by atoms with van der Waals surface area (Å²) in [5, 5.41) is 23.3. The first-order chi connectivity index (χ1) is 12.5. The molecule has 1 aliphatic rings. The van der Waals surface area contributed by atoms with Gasteiger partial charge < -0.3 is 26.0 Å². The van der Waals surface area contributed by atoms with Gasteiger partial charge in [-0.1, -0.05) is 6.58 Å². The summed E-state index contributed by atoms with van der Waals surface area (Å²) in [6.45, 7) is 3.86. The van der Waals surface area contributed by atoms with Gasteiger partial charge in [0.2, 0.25) is 5.91 Å². The second-order valence-electron chi connectivity index (χ2n) is 5.70. The van der Waals surface area contributed by atoms with Crippen molar-refractivity contribution in [3.05, 3.63) is 25.3 Å². The van der Waals surface area contributed by atoms with Crippen molar-refractivity contribution in [2.24, 2.45) is 0 Å². The average Bonchev–Trinajstić information content (AvgIpc) is 3.18. The van der Waals surface area contributed by atoms with Crippen LogP contribution in [0.3, 0.4) is 0 Å². The first-order valence-corrected chi connectivity index (χ1v) is 9.11. The van der Waals surface area contributed by atoms with Gasteiger partial charge in [-0.2, -0.15) is 11.8 Å². The van der Waals surface area contributed by atoms with Crippen molar-refractivity contribution in [2.75, 3.05) is 23.8 Å². The summed E-state index contributed by atoms with van der Waals surface area (Å²) in [6.07, 6.45) is 0.403. The van der Waals surface area contributed by atoms with Crippen LogP contribution in [0.2, 0.25) is 0 Å². The zero-order valence-electron chi connectivity index (χ0n) is 13.9. The van der Waals surface area contributed by atoms with Crippen LogP contribution in [0.25, 0.3) is 11.2 Å². The molecule has 4 atom stereocenters. The van der Waals surface area contributed by atoms with Crippen LogP contribution in [0.4, 0.5) is 5.82 Å². The third kappa shape index (κ3) is 3.65. The number of aromatic nitrogens is 4. The fourth-order valence-electron chi connectivity index (χ4n) is 2.67. The molecule has 10 nitrogen and oxygen atoms in total. The normalized spacial score (nSPS) is 25.5. The van der Waals surface area contributed by atoms with E-state index in [1.807, 2.05) is 0 Å². The molecule has 3 rings (SSSR count). The minimum atomic E-state index is -1.13. The second kappa shape index (κ2) is 7.99. The van der Waals surface area contributed by atoms with Gasteiger partial charge in [0.25, 0.3) is 0 Å². The molecule has 1 fully saturated rings. The van der Waals surface area contributed by atoms with E-state index in [1.54, 1.807) is 0 Å². The molecule has 11 heteroatoms. The number of carbonyl (C=O) groups excluding carboxylic acids is 1. The molecule has 0 bridgehead atoms. The molecule has 3 heterocycles. The monoisotopic (exact) mass is 380 g/mol. The molecule has 0 aliphatic carbocycles. The summed E-state index contributed by atoms with van der Waals surface area (Å²) in [5.74, 6) is 1.11. The van der Waals surface area contributed by atoms with Gasteiger partial charge in [-0.3, -0.25) is 9.36 Å². The van der Waals surface area contributed by atoms with Crippen molar-refractivity contribution in [3.63, 3.8) is 0 Å². The van der Waals surface area contributed by atoms with Crippen molar-refractivity contribution >= 4 is 34.7 Å². The maximum Gasteiger partial charge on any atom is 0.243 e. The SMILES string of the molecule is C=CC(=O)NCCSC[C@@H]1O[C@H](n2cnc3c(N)ncnc32)[C@@H](O)[C@@H]1O. The van der Waals surface area contributed by atoms with Gasteiger partial charge in [-0.15, -0.1) is 0 Å². The topological polar surface area (TPSA) is 148 Å². The summed E-state index contributed by atoms with van der Waals surface area (Å²) in [5.41, 5.74) is 6.60. The molecule has 26 heavy (non-hydrogen) atoms. The summed E-state index contributed by atoms with van der Waals surface area (Å²) in [7, 11) is 0. The fourth-order valence-corrected chi connectivity index (χ4v) is 3.59. The van der Waals surface area contributed by atoms with Gasteiger partial charge in [0, 0.05) is 18.1 Å². The average molecular weight is 380 g/mol. The molecule has 5 N–H and O–H groups in total. The van der Waals surface area contributed by atoms with Gasteiger partial charge in [0.15, 0.2) is 17.7 Å². The molecular weight excluding hydrogens is 360 g/mol. The second-order valence-corrected chi connectivity index (χ2v) is 6.85. The molecule has 2 aromatic heterocycles. The van der Waals surface area contributed by atoms with E-state index < -0.39 is 24.5 Å². The highest BCUT2D eigenvalue weighted by Gasteiger charge is 2.44. The fraction of sp³-hybridized carbons (Fsp3) is 0.467. The molecule has 1 aliphatic heterocycles. The van der Waals surface area contributed by atoms with E-state index >= 15 is 0 Å². The molecule has 2 aromatic rings. The lowest BCUT2D eigenvalue weighted by atomic mass is 10.1. The predicted molar refractivity (Wildman–Crippen MR) is 96.2 cm³/mol. The number of nitrogens with one attached hydrogen (secondary N) is 1. The number of carbonyl (C=O) groups is 1. The molecular formula is C15H20N6O4S. The van der Waals surface area contributed by atoms with Crippen molar-refractivity contribution in [1.82, 2.24) is 24.8 Å². The number of nitrogen functional groups attached to an aromatic ring is 1. The Bertz CT molecular complexity index is 800. The lowest BCUT2D eigenvalue weighted by Gasteiger charge is -2.16. The number of aliphatic hydroxyl groups excluding tert-OH is 2. The quantitative estimate of drug-likeness (QED) is 0.353. The van der Waals surface area contributed by atoms with Gasteiger partial charge in [0.1, 0.15) is 24.1 Å². The number of rotatable bonds is 7.